The molecule has 3 heterocycles. The van der Waals surface area contributed by atoms with Crippen molar-refractivity contribution < 1.29 is 19.5 Å². The van der Waals surface area contributed by atoms with Crippen molar-refractivity contribution in [3.8, 4) is 0 Å². The molecule has 29 heavy (non-hydrogen) atoms. The fourth-order valence-electron chi connectivity index (χ4n) is 3.96. The largest absolute Gasteiger partial charge is 0.380 e. The van der Waals surface area contributed by atoms with Gasteiger partial charge < -0.3 is 14.9 Å². The van der Waals surface area contributed by atoms with Gasteiger partial charge in [0.25, 0.3) is 17.7 Å². The van der Waals surface area contributed by atoms with Crippen LogP contribution in [0.15, 0.2) is 42.6 Å². The van der Waals surface area contributed by atoms with Crippen LogP contribution in [0, 0.1) is 0 Å². The van der Waals surface area contributed by atoms with Crippen LogP contribution in [0.4, 0.5) is 0 Å². The van der Waals surface area contributed by atoms with Crippen molar-refractivity contribution in [2.45, 2.75) is 18.4 Å². The molecule has 1 aromatic carbocycles. The molecular weight excluding hydrogens is 370 g/mol. The van der Waals surface area contributed by atoms with E-state index in [2.05, 4.69) is 0 Å². The number of rotatable bonds is 3. The van der Waals surface area contributed by atoms with Crippen molar-refractivity contribution >= 4 is 29.4 Å². The summed E-state index contributed by atoms with van der Waals surface area (Å²) in [6.07, 6.45) is 4.65. The number of hydrogen-bond donors (Lipinski definition) is 1. The van der Waals surface area contributed by atoms with Gasteiger partial charge in [-0.15, -0.1) is 0 Å². The Hall–Kier alpha value is -3.19. The van der Waals surface area contributed by atoms with Gasteiger partial charge in [-0.3, -0.25) is 19.0 Å². The zero-order valence-electron chi connectivity index (χ0n) is 15.9. The summed E-state index contributed by atoms with van der Waals surface area (Å²) in [6.45, 7) is 1.76. The second kappa shape index (κ2) is 6.42. The number of amides is 2. The molecule has 1 aromatic heterocycles. The maximum Gasteiger partial charge on any atom is 0.263 e. The van der Waals surface area contributed by atoms with E-state index in [1.54, 1.807) is 44.8 Å². The Morgan fingerprint density at radius 2 is 1.59 bits per heavy atom. The van der Waals surface area contributed by atoms with Crippen LogP contribution >= 0.6 is 0 Å². The minimum absolute atomic E-state index is 0.0674. The van der Waals surface area contributed by atoms with E-state index in [1.165, 1.54) is 0 Å². The molecule has 0 unspecified atom stereocenters. The third-order valence-corrected chi connectivity index (χ3v) is 5.94. The standard InChI is InChI=1S/C22H21N3O4/c26-19(23-10-12-24(13-11-23)21(28)22(29)7-8-22)16-5-3-15(4-6-16)18-14-17-2-1-9-25(17)20(18)27/h1-6,9,14,29H,7-8,10-13H2. The molecule has 0 bridgehead atoms. The summed E-state index contributed by atoms with van der Waals surface area (Å²) in [6, 6.07) is 10.8. The van der Waals surface area contributed by atoms with Crippen molar-refractivity contribution in [1.82, 2.24) is 14.4 Å². The summed E-state index contributed by atoms with van der Waals surface area (Å²) in [5, 5.41) is 9.98. The number of allylic oxidation sites excluding steroid dienone is 1. The molecule has 2 fully saturated rings. The molecular formula is C22H21N3O4. The molecule has 5 rings (SSSR count). The van der Waals surface area contributed by atoms with E-state index in [0.29, 0.717) is 50.2 Å². The number of aromatic nitrogens is 1. The van der Waals surface area contributed by atoms with Crippen LogP contribution < -0.4 is 0 Å². The topological polar surface area (TPSA) is 82.9 Å². The average molecular weight is 391 g/mol. The number of benzene rings is 1. The molecule has 0 spiro atoms. The number of aliphatic hydroxyl groups is 1. The third-order valence-electron chi connectivity index (χ3n) is 5.94. The lowest BCUT2D eigenvalue weighted by Gasteiger charge is -2.35. The Morgan fingerprint density at radius 3 is 2.21 bits per heavy atom. The first-order chi connectivity index (χ1) is 14.0. The Kier molecular flexibility index (Phi) is 3.96. The third kappa shape index (κ3) is 2.98. The van der Waals surface area contributed by atoms with Crippen LogP contribution in [0.5, 0.6) is 0 Å². The summed E-state index contributed by atoms with van der Waals surface area (Å²) in [7, 11) is 0. The number of carbonyl (C=O) groups excluding carboxylic acids is 3. The second-order valence-corrected chi connectivity index (χ2v) is 7.86. The van der Waals surface area contributed by atoms with E-state index in [9.17, 15) is 19.5 Å². The van der Waals surface area contributed by atoms with E-state index >= 15 is 0 Å². The van der Waals surface area contributed by atoms with Crippen molar-refractivity contribution in [1.29, 1.82) is 0 Å². The van der Waals surface area contributed by atoms with Gasteiger partial charge in [-0.2, -0.15) is 0 Å². The molecule has 0 atom stereocenters. The number of hydrogen-bond acceptors (Lipinski definition) is 4. The highest BCUT2D eigenvalue weighted by Crippen LogP contribution is 2.37. The van der Waals surface area contributed by atoms with E-state index in [4.69, 9.17) is 0 Å². The predicted molar refractivity (Wildman–Crippen MR) is 106 cm³/mol. The van der Waals surface area contributed by atoms with Gasteiger partial charge in [-0.05, 0) is 48.7 Å². The van der Waals surface area contributed by atoms with E-state index in [-0.39, 0.29) is 17.7 Å². The van der Waals surface area contributed by atoms with E-state index in [0.717, 1.165) is 11.3 Å². The number of carbonyl (C=O) groups is 3. The molecule has 2 aliphatic heterocycles. The Labute approximate surface area is 167 Å². The number of piperazine rings is 1. The van der Waals surface area contributed by atoms with Gasteiger partial charge in [0, 0.05) is 49.2 Å². The minimum atomic E-state index is -1.16. The average Bonchev–Trinajstić information content (AvgIpc) is 3.20. The lowest BCUT2D eigenvalue weighted by molar-refractivity contribution is -0.143. The van der Waals surface area contributed by atoms with Crippen LogP contribution in [0.1, 0.15) is 39.3 Å². The van der Waals surface area contributed by atoms with Gasteiger partial charge in [0.15, 0.2) is 0 Å². The highest BCUT2D eigenvalue weighted by Gasteiger charge is 2.50. The molecule has 2 aromatic rings. The predicted octanol–water partition coefficient (Wildman–Crippen LogP) is 1.49. The molecule has 1 aliphatic carbocycles. The van der Waals surface area contributed by atoms with Gasteiger partial charge in [0.2, 0.25) is 0 Å². The van der Waals surface area contributed by atoms with Gasteiger partial charge in [-0.25, -0.2) is 0 Å². The zero-order valence-corrected chi connectivity index (χ0v) is 15.9. The maximum atomic E-state index is 12.8. The van der Waals surface area contributed by atoms with E-state index < -0.39 is 5.60 Å². The lowest BCUT2D eigenvalue weighted by Crippen LogP contribution is -2.53. The molecule has 1 saturated carbocycles. The van der Waals surface area contributed by atoms with Crippen molar-refractivity contribution in [3.05, 3.63) is 59.4 Å². The molecule has 1 saturated heterocycles. The fraction of sp³-hybridized carbons (Fsp3) is 0.318. The molecule has 2 amide bonds. The first-order valence-corrected chi connectivity index (χ1v) is 9.81. The van der Waals surface area contributed by atoms with E-state index in [1.807, 2.05) is 18.2 Å². The van der Waals surface area contributed by atoms with Crippen LogP contribution in [0.25, 0.3) is 11.6 Å². The van der Waals surface area contributed by atoms with Crippen molar-refractivity contribution in [2.75, 3.05) is 26.2 Å². The highest BCUT2D eigenvalue weighted by molar-refractivity contribution is 6.28. The number of fused-ring (bicyclic) bond motifs is 1. The normalized spacial score (nSPS) is 19.8. The molecule has 3 aliphatic rings. The number of nitrogens with zero attached hydrogens (tertiary/aromatic N) is 3. The first kappa shape index (κ1) is 17.9. The second-order valence-electron chi connectivity index (χ2n) is 7.86. The van der Waals surface area contributed by atoms with Crippen LogP contribution in [0.3, 0.4) is 0 Å². The monoisotopic (exact) mass is 391 g/mol. The summed E-state index contributed by atoms with van der Waals surface area (Å²) >= 11 is 0. The van der Waals surface area contributed by atoms with Gasteiger partial charge in [-0.1, -0.05) is 12.1 Å². The van der Waals surface area contributed by atoms with Crippen molar-refractivity contribution in [3.63, 3.8) is 0 Å². The first-order valence-electron chi connectivity index (χ1n) is 9.81. The van der Waals surface area contributed by atoms with Gasteiger partial charge in [0.05, 0.1) is 0 Å². The van der Waals surface area contributed by atoms with Gasteiger partial charge in [0.1, 0.15) is 5.60 Å². The Bertz CT molecular complexity index is 1040. The molecule has 1 N–H and O–H groups in total. The summed E-state index contributed by atoms with van der Waals surface area (Å²) < 4.78 is 1.60. The molecule has 7 heteroatoms. The smallest absolute Gasteiger partial charge is 0.263 e. The Balaban J connectivity index is 1.24. The summed E-state index contributed by atoms with van der Waals surface area (Å²) in [5.41, 5.74) is 1.65. The van der Waals surface area contributed by atoms with Crippen LogP contribution in [0.2, 0.25) is 0 Å². The van der Waals surface area contributed by atoms with Crippen LogP contribution in [-0.4, -0.2) is 69.0 Å². The van der Waals surface area contributed by atoms with Crippen molar-refractivity contribution in [2.24, 2.45) is 0 Å². The lowest BCUT2D eigenvalue weighted by atomic mass is 10.0. The molecule has 7 nitrogen and oxygen atoms in total. The van der Waals surface area contributed by atoms with Gasteiger partial charge >= 0.3 is 0 Å². The SMILES string of the molecule is O=C(c1ccc(C2=Cc3cccn3C2=O)cc1)N1CCN(C(=O)C2(O)CC2)CC1. The summed E-state index contributed by atoms with van der Waals surface area (Å²) in [4.78, 5) is 40.9. The zero-order chi connectivity index (χ0) is 20.2. The van der Waals surface area contributed by atoms with Crippen LogP contribution in [-0.2, 0) is 4.79 Å². The minimum Gasteiger partial charge on any atom is -0.380 e. The molecule has 148 valence electrons. The maximum absolute atomic E-state index is 12.8. The Morgan fingerprint density at radius 1 is 0.931 bits per heavy atom. The fourth-order valence-corrected chi connectivity index (χ4v) is 3.96. The molecule has 0 radical (unpaired) electrons. The quantitative estimate of drug-likeness (QED) is 0.860. The summed E-state index contributed by atoms with van der Waals surface area (Å²) in [5.74, 6) is -0.372. The highest BCUT2D eigenvalue weighted by atomic mass is 16.3.